The summed E-state index contributed by atoms with van der Waals surface area (Å²) in [6.07, 6.45) is 8.69. The smallest absolute Gasteiger partial charge is 0.118 e. The highest BCUT2D eigenvalue weighted by atomic mass is 16.5. The highest BCUT2D eigenvalue weighted by molar-refractivity contribution is 5.62. The molecule has 3 rings (SSSR count). The van der Waals surface area contributed by atoms with Crippen LogP contribution in [-0.4, -0.2) is 11.7 Å². The minimum Gasteiger partial charge on any atom is -0.497 e. The van der Waals surface area contributed by atoms with Crippen LogP contribution in [0.5, 0.6) is 5.75 Å². The van der Waals surface area contributed by atoms with Crippen molar-refractivity contribution in [3.8, 4) is 17.0 Å². The molecule has 0 bridgehead atoms. The predicted molar refractivity (Wildman–Crippen MR) is 82.9 cm³/mol. The Balaban J connectivity index is 1.85. The van der Waals surface area contributed by atoms with Crippen molar-refractivity contribution >= 4 is 0 Å². The molecule has 0 N–H and O–H groups in total. The summed E-state index contributed by atoms with van der Waals surface area (Å²) in [5.74, 6) is 0.894. The van der Waals surface area contributed by atoms with Crippen LogP contribution >= 0.6 is 0 Å². The van der Waals surface area contributed by atoms with Crippen molar-refractivity contribution in [2.45, 2.75) is 12.8 Å². The second-order valence-electron chi connectivity index (χ2n) is 5.13. The lowest BCUT2D eigenvalue weighted by Crippen LogP contribution is -1.99. The topological polar surface area (TPSA) is 14.2 Å². The van der Waals surface area contributed by atoms with Gasteiger partial charge in [0.1, 0.15) is 5.75 Å². The Kier molecular flexibility index (Phi) is 3.46. The maximum atomic E-state index is 5.21. The Morgan fingerprint density at radius 3 is 2.55 bits per heavy atom. The first-order valence-corrected chi connectivity index (χ1v) is 6.91. The molecule has 1 aliphatic rings. The average Bonchev–Trinajstić information content (AvgIpc) is 3.11. The third kappa shape index (κ3) is 2.42. The Hall–Kier alpha value is -2.22. The molecule has 0 unspecified atom stereocenters. The first kappa shape index (κ1) is 12.8. The molecule has 102 valence electrons. The van der Waals surface area contributed by atoms with Gasteiger partial charge in [0.05, 0.1) is 7.11 Å². The van der Waals surface area contributed by atoms with E-state index in [1.807, 2.05) is 12.1 Å². The van der Waals surface area contributed by atoms with Gasteiger partial charge >= 0.3 is 0 Å². The highest BCUT2D eigenvalue weighted by Gasteiger charge is 2.09. The lowest BCUT2D eigenvalue weighted by Gasteiger charge is -2.09. The lowest BCUT2D eigenvalue weighted by atomic mass is 10.1. The first-order valence-electron chi connectivity index (χ1n) is 6.91. The molecule has 0 atom stereocenters. The summed E-state index contributed by atoms with van der Waals surface area (Å²) in [6.45, 7) is 0. The minimum absolute atomic E-state index is 0.894. The molecule has 0 fully saturated rings. The largest absolute Gasteiger partial charge is 0.497 e. The quantitative estimate of drug-likeness (QED) is 0.810. The maximum absolute atomic E-state index is 5.21. The van der Waals surface area contributed by atoms with E-state index in [4.69, 9.17) is 4.74 Å². The van der Waals surface area contributed by atoms with Gasteiger partial charge in [-0.1, -0.05) is 23.8 Å². The molecule has 1 aromatic carbocycles. The monoisotopic (exact) mass is 265 g/mol. The van der Waals surface area contributed by atoms with Gasteiger partial charge in [0.2, 0.25) is 0 Å². The number of rotatable bonds is 4. The van der Waals surface area contributed by atoms with E-state index in [9.17, 15) is 0 Å². The summed E-state index contributed by atoms with van der Waals surface area (Å²) in [5.41, 5.74) is 5.30. The summed E-state index contributed by atoms with van der Waals surface area (Å²) >= 11 is 0. The van der Waals surface area contributed by atoms with Crippen molar-refractivity contribution in [1.82, 2.24) is 4.57 Å². The number of methoxy groups -OCH3 is 1. The number of aromatic nitrogens is 1. The molecule has 1 aliphatic carbocycles. The maximum Gasteiger partial charge on any atom is 0.118 e. The van der Waals surface area contributed by atoms with E-state index in [1.165, 1.54) is 22.5 Å². The zero-order valence-electron chi connectivity index (χ0n) is 12.0. The first-order chi connectivity index (χ1) is 9.78. The van der Waals surface area contributed by atoms with E-state index >= 15 is 0 Å². The van der Waals surface area contributed by atoms with E-state index in [1.54, 1.807) is 7.11 Å². The Labute approximate surface area is 120 Å². The third-order valence-corrected chi connectivity index (χ3v) is 3.87. The fourth-order valence-corrected chi connectivity index (χ4v) is 2.64. The molecule has 0 aliphatic heterocycles. The van der Waals surface area contributed by atoms with E-state index < -0.39 is 0 Å². The summed E-state index contributed by atoms with van der Waals surface area (Å²) in [5, 5.41) is 0. The third-order valence-electron chi connectivity index (χ3n) is 3.87. The van der Waals surface area contributed by atoms with Crippen LogP contribution in [0.15, 0.2) is 60.2 Å². The average molecular weight is 265 g/mol. The van der Waals surface area contributed by atoms with Crippen LogP contribution in [0.4, 0.5) is 0 Å². The Bertz CT molecular complexity index is 659. The fourth-order valence-electron chi connectivity index (χ4n) is 2.64. The van der Waals surface area contributed by atoms with Gasteiger partial charge in [-0.3, -0.25) is 0 Å². The summed E-state index contributed by atoms with van der Waals surface area (Å²) < 4.78 is 7.49. The summed E-state index contributed by atoms with van der Waals surface area (Å²) in [4.78, 5) is 0. The van der Waals surface area contributed by atoms with Gasteiger partial charge in [0.25, 0.3) is 0 Å². The molecule has 1 aromatic heterocycles. The Morgan fingerprint density at radius 2 is 1.90 bits per heavy atom. The minimum atomic E-state index is 0.894. The van der Waals surface area contributed by atoms with Crippen LogP contribution in [0.2, 0.25) is 0 Å². The number of nitrogens with zero attached hydrogens (tertiary/aromatic N) is 1. The Morgan fingerprint density at radius 1 is 1.10 bits per heavy atom. The van der Waals surface area contributed by atoms with Crippen LogP contribution in [0, 0.1) is 0 Å². The zero-order chi connectivity index (χ0) is 13.9. The van der Waals surface area contributed by atoms with E-state index in [0.29, 0.717) is 0 Å². The number of hydrogen-bond donors (Lipinski definition) is 0. The fraction of sp³-hybridized carbons (Fsp3) is 0.222. The van der Waals surface area contributed by atoms with Crippen molar-refractivity contribution in [1.29, 1.82) is 0 Å². The molecular weight excluding hydrogens is 246 g/mol. The summed E-state index contributed by atoms with van der Waals surface area (Å²) in [7, 11) is 3.83. The van der Waals surface area contributed by atoms with E-state index in [2.05, 4.69) is 54.1 Å². The standard InChI is InChI=1S/C18H19NO/c1-19-16(13-14-5-3-4-6-14)9-12-18(19)15-7-10-17(20-2)11-8-15/h3-5,7-12H,6,13H2,1-2H3. The molecule has 0 spiro atoms. The van der Waals surface area contributed by atoms with Crippen molar-refractivity contribution in [2.24, 2.45) is 7.05 Å². The molecule has 0 saturated carbocycles. The van der Waals surface area contributed by atoms with Crippen LogP contribution in [0.25, 0.3) is 11.3 Å². The van der Waals surface area contributed by atoms with Gasteiger partial charge < -0.3 is 9.30 Å². The zero-order valence-corrected chi connectivity index (χ0v) is 12.0. The molecular formula is C18H19NO. The number of benzene rings is 1. The van der Waals surface area contributed by atoms with Crippen LogP contribution in [-0.2, 0) is 13.5 Å². The molecule has 20 heavy (non-hydrogen) atoms. The van der Waals surface area contributed by atoms with Gasteiger partial charge in [0, 0.05) is 24.9 Å². The predicted octanol–water partition coefficient (Wildman–Crippen LogP) is 4.13. The molecule has 2 aromatic rings. The van der Waals surface area contributed by atoms with E-state index in [0.717, 1.165) is 18.6 Å². The molecule has 0 radical (unpaired) electrons. The number of hydrogen-bond acceptors (Lipinski definition) is 1. The van der Waals surface area contributed by atoms with Crippen LogP contribution in [0.3, 0.4) is 0 Å². The van der Waals surface area contributed by atoms with Crippen LogP contribution in [0.1, 0.15) is 12.1 Å². The normalized spacial score (nSPS) is 13.6. The number of ether oxygens (including phenoxy) is 1. The van der Waals surface area contributed by atoms with Gasteiger partial charge in [-0.05, 0) is 48.4 Å². The van der Waals surface area contributed by atoms with Crippen molar-refractivity contribution in [3.63, 3.8) is 0 Å². The molecule has 0 saturated heterocycles. The lowest BCUT2D eigenvalue weighted by molar-refractivity contribution is 0.415. The summed E-state index contributed by atoms with van der Waals surface area (Å²) in [6, 6.07) is 12.6. The SMILES string of the molecule is COc1ccc(-c2ccc(CC3=CC=CC3)n2C)cc1. The molecule has 2 heteroatoms. The van der Waals surface area contributed by atoms with Gasteiger partial charge in [-0.25, -0.2) is 0 Å². The second kappa shape index (κ2) is 5.41. The number of allylic oxidation sites excluding steroid dienone is 4. The molecule has 1 heterocycles. The van der Waals surface area contributed by atoms with Crippen molar-refractivity contribution < 1.29 is 4.74 Å². The van der Waals surface area contributed by atoms with Crippen molar-refractivity contribution in [2.75, 3.05) is 7.11 Å². The van der Waals surface area contributed by atoms with Crippen molar-refractivity contribution in [3.05, 3.63) is 65.9 Å². The van der Waals surface area contributed by atoms with Gasteiger partial charge in [-0.15, -0.1) is 0 Å². The van der Waals surface area contributed by atoms with Gasteiger partial charge in [0.15, 0.2) is 0 Å². The molecule has 2 nitrogen and oxygen atoms in total. The van der Waals surface area contributed by atoms with Crippen LogP contribution < -0.4 is 4.74 Å². The highest BCUT2D eigenvalue weighted by Crippen LogP contribution is 2.26. The second-order valence-corrected chi connectivity index (χ2v) is 5.13. The van der Waals surface area contributed by atoms with Gasteiger partial charge in [-0.2, -0.15) is 0 Å². The molecule has 0 amide bonds. The van der Waals surface area contributed by atoms with E-state index in [-0.39, 0.29) is 0 Å².